The summed E-state index contributed by atoms with van der Waals surface area (Å²) in [5.41, 5.74) is 4.03. The second kappa shape index (κ2) is 11.1. The standard InChI is InChI=1S/C23H19BrFN3O4/c1-31-20-12-15(13-26-28-23(30)16-5-3-2-4-6-16)11-19(24)22(20)32-14-21(29)27-18-9-7-17(25)8-10-18/h2-13H,14H2,1H3,(H,27,29)(H,28,30). The monoisotopic (exact) mass is 499 g/mol. The Balaban J connectivity index is 1.62. The Hall–Kier alpha value is -3.72. The lowest BCUT2D eigenvalue weighted by molar-refractivity contribution is -0.118. The number of hydrogen-bond donors (Lipinski definition) is 2. The molecule has 164 valence electrons. The molecule has 2 amide bonds. The first-order valence-electron chi connectivity index (χ1n) is 9.40. The molecule has 7 nitrogen and oxygen atoms in total. The van der Waals surface area contributed by atoms with Crippen LogP contribution in [0.15, 0.2) is 76.3 Å². The first-order valence-corrected chi connectivity index (χ1v) is 10.2. The predicted octanol–water partition coefficient (Wildman–Crippen LogP) is 4.38. The number of hydrazone groups is 1. The molecule has 32 heavy (non-hydrogen) atoms. The molecule has 0 atom stereocenters. The van der Waals surface area contributed by atoms with E-state index in [1.807, 2.05) is 6.07 Å². The number of nitrogens with zero attached hydrogens (tertiary/aromatic N) is 1. The molecule has 3 aromatic carbocycles. The molecular formula is C23H19BrFN3O4. The summed E-state index contributed by atoms with van der Waals surface area (Å²) in [6, 6.07) is 17.5. The van der Waals surface area contributed by atoms with Crippen molar-refractivity contribution in [2.45, 2.75) is 0 Å². The van der Waals surface area contributed by atoms with E-state index in [0.717, 1.165) is 0 Å². The number of ether oxygens (including phenoxy) is 2. The quantitative estimate of drug-likeness (QED) is 0.355. The van der Waals surface area contributed by atoms with Crippen molar-refractivity contribution in [3.63, 3.8) is 0 Å². The number of hydrogen-bond acceptors (Lipinski definition) is 5. The molecule has 0 heterocycles. The number of carbonyl (C=O) groups excluding carboxylic acids is 2. The molecule has 9 heteroatoms. The van der Waals surface area contributed by atoms with E-state index in [2.05, 4.69) is 31.8 Å². The first kappa shape index (κ1) is 23.0. The van der Waals surface area contributed by atoms with Crippen LogP contribution in [-0.2, 0) is 4.79 Å². The number of nitrogens with one attached hydrogen (secondary N) is 2. The van der Waals surface area contributed by atoms with E-state index in [9.17, 15) is 14.0 Å². The highest BCUT2D eigenvalue weighted by molar-refractivity contribution is 9.10. The van der Waals surface area contributed by atoms with Gasteiger partial charge in [-0.05, 0) is 70.0 Å². The molecule has 0 aliphatic heterocycles. The van der Waals surface area contributed by atoms with Gasteiger partial charge in [0.15, 0.2) is 18.1 Å². The second-order valence-corrected chi connectivity index (χ2v) is 7.30. The van der Waals surface area contributed by atoms with Gasteiger partial charge in [-0.2, -0.15) is 5.10 Å². The number of carbonyl (C=O) groups is 2. The van der Waals surface area contributed by atoms with E-state index >= 15 is 0 Å². The summed E-state index contributed by atoms with van der Waals surface area (Å²) in [6.45, 7) is -0.285. The molecule has 0 aliphatic carbocycles. The van der Waals surface area contributed by atoms with E-state index in [0.29, 0.717) is 32.8 Å². The minimum absolute atomic E-state index is 0.285. The van der Waals surface area contributed by atoms with Gasteiger partial charge in [-0.15, -0.1) is 0 Å². The third-order valence-electron chi connectivity index (χ3n) is 4.14. The molecule has 0 bridgehead atoms. The minimum Gasteiger partial charge on any atom is -0.493 e. The van der Waals surface area contributed by atoms with Crippen LogP contribution in [0, 0.1) is 5.82 Å². The zero-order chi connectivity index (χ0) is 22.9. The van der Waals surface area contributed by atoms with Crippen LogP contribution in [0.25, 0.3) is 0 Å². The van der Waals surface area contributed by atoms with Gasteiger partial charge in [-0.1, -0.05) is 18.2 Å². The van der Waals surface area contributed by atoms with Crippen molar-refractivity contribution in [3.05, 3.63) is 88.1 Å². The van der Waals surface area contributed by atoms with Crippen LogP contribution in [0.4, 0.5) is 10.1 Å². The maximum atomic E-state index is 13.0. The summed E-state index contributed by atoms with van der Waals surface area (Å²) in [4.78, 5) is 24.2. The van der Waals surface area contributed by atoms with Crippen molar-refractivity contribution in [1.29, 1.82) is 0 Å². The molecule has 3 rings (SSSR count). The maximum absolute atomic E-state index is 13.0. The van der Waals surface area contributed by atoms with Crippen LogP contribution in [0.2, 0.25) is 0 Å². The molecule has 0 saturated heterocycles. The van der Waals surface area contributed by atoms with Crippen LogP contribution >= 0.6 is 15.9 Å². The van der Waals surface area contributed by atoms with Gasteiger partial charge in [-0.25, -0.2) is 9.82 Å². The van der Waals surface area contributed by atoms with Crippen molar-refractivity contribution >= 4 is 39.6 Å². The molecule has 3 aromatic rings. The summed E-state index contributed by atoms with van der Waals surface area (Å²) in [5, 5.41) is 6.57. The van der Waals surface area contributed by atoms with Gasteiger partial charge in [0, 0.05) is 11.3 Å². The van der Waals surface area contributed by atoms with Crippen LogP contribution in [-0.4, -0.2) is 31.7 Å². The van der Waals surface area contributed by atoms with Gasteiger partial charge in [0.1, 0.15) is 5.82 Å². The Labute approximate surface area is 192 Å². The smallest absolute Gasteiger partial charge is 0.271 e. The lowest BCUT2D eigenvalue weighted by Gasteiger charge is -2.13. The molecule has 0 aliphatic rings. The summed E-state index contributed by atoms with van der Waals surface area (Å²) in [5.74, 6) is -0.451. The zero-order valence-electron chi connectivity index (χ0n) is 17.0. The van der Waals surface area contributed by atoms with Crippen molar-refractivity contribution in [2.75, 3.05) is 19.0 Å². The van der Waals surface area contributed by atoms with Gasteiger partial charge < -0.3 is 14.8 Å². The summed E-state index contributed by atoms with van der Waals surface area (Å²) >= 11 is 3.39. The molecule has 2 N–H and O–H groups in total. The fourth-order valence-corrected chi connectivity index (χ4v) is 3.22. The predicted molar refractivity (Wildman–Crippen MR) is 123 cm³/mol. The molecular weight excluding hydrogens is 481 g/mol. The third-order valence-corrected chi connectivity index (χ3v) is 4.73. The second-order valence-electron chi connectivity index (χ2n) is 6.44. The van der Waals surface area contributed by atoms with Crippen molar-refractivity contribution in [1.82, 2.24) is 5.43 Å². The largest absolute Gasteiger partial charge is 0.493 e. The van der Waals surface area contributed by atoms with Crippen LogP contribution in [0.1, 0.15) is 15.9 Å². The third kappa shape index (κ3) is 6.39. The first-order chi connectivity index (χ1) is 15.5. The Bertz CT molecular complexity index is 1120. The minimum atomic E-state index is -0.417. The average Bonchev–Trinajstić information content (AvgIpc) is 2.80. The Morgan fingerprint density at radius 3 is 2.50 bits per heavy atom. The molecule has 0 unspecified atom stereocenters. The number of halogens is 2. The SMILES string of the molecule is COc1cc(C=NNC(=O)c2ccccc2)cc(Br)c1OCC(=O)Nc1ccc(F)cc1. The van der Waals surface area contributed by atoms with Crippen molar-refractivity contribution in [2.24, 2.45) is 5.10 Å². The summed E-state index contributed by atoms with van der Waals surface area (Å²) in [6.07, 6.45) is 1.46. The Kier molecular flexibility index (Phi) is 7.93. The van der Waals surface area contributed by atoms with E-state index in [4.69, 9.17) is 9.47 Å². The number of benzene rings is 3. The Morgan fingerprint density at radius 1 is 1.09 bits per heavy atom. The van der Waals surface area contributed by atoms with Crippen molar-refractivity contribution in [3.8, 4) is 11.5 Å². The Morgan fingerprint density at radius 2 is 1.81 bits per heavy atom. The molecule has 0 saturated carbocycles. The lowest BCUT2D eigenvalue weighted by Crippen LogP contribution is -2.20. The van der Waals surface area contributed by atoms with Gasteiger partial charge in [0.2, 0.25) is 0 Å². The van der Waals surface area contributed by atoms with E-state index in [-0.39, 0.29) is 12.5 Å². The molecule has 0 spiro atoms. The van der Waals surface area contributed by atoms with Crippen LogP contribution in [0.5, 0.6) is 11.5 Å². The van der Waals surface area contributed by atoms with Gasteiger partial charge in [0.25, 0.3) is 11.8 Å². The van der Waals surface area contributed by atoms with Crippen LogP contribution < -0.4 is 20.2 Å². The van der Waals surface area contributed by atoms with Gasteiger partial charge in [0.05, 0.1) is 17.8 Å². The fraction of sp³-hybridized carbons (Fsp3) is 0.0870. The zero-order valence-corrected chi connectivity index (χ0v) is 18.6. The topological polar surface area (TPSA) is 89.0 Å². The molecule has 0 fully saturated rings. The number of amides is 2. The van der Waals surface area contributed by atoms with E-state index in [1.165, 1.54) is 37.6 Å². The number of rotatable bonds is 8. The normalized spacial score (nSPS) is 10.6. The maximum Gasteiger partial charge on any atom is 0.271 e. The van der Waals surface area contributed by atoms with Gasteiger partial charge in [-0.3, -0.25) is 9.59 Å². The van der Waals surface area contributed by atoms with Crippen molar-refractivity contribution < 1.29 is 23.5 Å². The highest BCUT2D eigenvalue weighted by Crippen LogP contribution is 2.36. The highest BCUT2D eigenvalue weighted by Gasteiger charge is 2.13. The fourth-order valence-electron chi connectivity index (χ4n) is 2.64. The lowest BCUT2D eigenvalue weighted by atomic mass is 10.2. The summed E-state index contributed by atoms with van der Waals surface area (Å²) < 4.78 is 24.4. The highest BCUT2D eigenvalue weighted by atomic mass is 79.9. The van der Waals surface area contributed by atoms with Gasteiger partial charge >= 0.3 is 0 Å². The number of methoxy groups -OCH3 is 1. The average molecular weight is 500 g/mol. The summed E-state index contributed by atoms with van der Waals surface area (Å²) in [7, 11) is 1.46. The van der Waals surface area contributed by atoms with E-state index < -0.39 is 11.7 Å². The molecule has 0 radical (unpaired) electrons. The number of anilines is 1. The van der Waals surface area contributed by atoms with Crippen LogP contribution in [0.3, 0.4) is 0 Å². The van der Waals surface area contributed by atoms with E-state index in [1.54, 1.807) is 36.4 Å². The molecule has 0 aromatic heterocycles.